The van der Waals surface area contributed by atoms with Crippen LogP contribution in [0.3, 0.4) is 0 Å². The van der Waals surface area contributed by atoms with Crippen molar-refractivity contribution in [3.8, 4) is 0 Å². The van der Waals surface area contributed by atoms with Crippen LogP contribution in [0.25, 0.3) is 5.57 Å². The molecule has 4 aliphatic carbocycles. The van der Waals surface area contributed by atoms with Crippen LogP contribution in [0, 0.1) is 23.2 Å². The molecule has 1 aromatic heterocycles. The fourth-order valence-electron chi connectivity index (χ4n) is 7.25. The molecule has 4 saturated carbocycles. The number of carbonyl (C=O) groups is 2. The van der Waals surface area contributed by atoms with Crippen molar-refractivity contribution in [2.24, 2.45) is 28.9 Å². The van der Waals surface area contributed by atoms with E-state index in [1.165, 1.54) is 0 Å². The molecule has 0 spiro atoms. The monoisotopic (exact) mass is 480 g/mol. The first-order valence-corrected chi connectivity index (χ1v) is 13.3. The van der Waals surface area contributed by atoms with Gasteiger partial charge in [-0.25, -0.2) is 9.78 Å². The van der Waals surface area contributed by atoms with Crippen molar-refractivity contribution in [2.45, 2.75) is 57.1 Å². The Morgan fingerprint density at radius 1 is 1.26 bits per heavy atom. The zero-order valence-corrected chi connectivity index (χ0v) is 20.4. The minimum Gasteiger partial charge on any atom is -0.445 e. The highest BCUT2D eigenvalue weighted by molar-refractivity contribution is 7.09. The van der Waals surface area contributed by atoms with Crippen LogP contribution < -0.4 is 5.73 Å². The molecule has 0 aromatic carbocycles. The van der Waals surface area contributed by atoms with Gasteiger partial charge in [-0.15, -0.1) is 11.3 Å². The highest BCUT2D eigenvalue weighted by atomic mass is 32.1. The lowest BCUT2D eigenvalue weighted by Crippen LogP contribution is -2.59. The number of primary amides is 1. The molecule has 5 fully saturated rings. The van der Waals surface area contributed by atoms with E-state index in [0.29, 0.717) is 12.5 Å². The maximum absolute atomic E-state index is 13.4. The summed E-state index contributed by atoms with van der Waals surface area (Å²) in [4.78, 5) is 34.3. The number of carbonyl (C=O) groups excluding carboxylic acids is 2. The first-order chi connectivity index (χ1) is 16.3. The average molecular weight is 481 g/mol. The molecule has 7 nitrogen and oxygen atoms in total. The van der Waals surface area contributed by atoms with Crippen LogP contribution in [0.5, 0.6) is 0 Å². The van der Waals surface area contributed by atoms with Crippen molar-refractivity contribution in [3.05, 3.63) is 46.7 Å². The Morgan fingerprint density at radius 3 is 2.74 bits per heavy atom. The summed E-state index contributed by atoms with van der Waals surface area (Å²) in [5.74, 6) is 0.902. The summed E-state index contributed by atoms with van der Waals surface area (Å²) in [5.41, 5.74) is 8.33. The topological polar surface area (TPSA) is 88.8 Å². The molecule has 8 heteroatoms. The van der Waals surface area contributed by atoms with Gasteiger partial charge in [-0.3, -0.25) is 9.69 Å². The second kappa shape index (κ2) is 7.97. The van der Waals surface area contributed by atoms with Crippen LogP contribution in [-0.4, -0.2) is 46.5 Å². The van der Waals surface area contributed by atoms with E-state index in [9.17, 15) is 9.59 Å². The summed E-state index contributed by atoms with van der Waals surface area (Å²) in [6.45, 7) is 4.76. The van der Waals surface area contributed by atoms with E-state index in [1.54, 1.807) is 11.3 Å². The number of rotatable bonds is 4. The average Bonchev–Trinajstić information content (AvgIpc) is 3.47. The predicted octanol–water partition coefficient (Wildman–Crippen LogP) is 4.45. The number of allylic oxidation sites excluding steroid dienone is 3. The molecule has 3 heterocycles. The summed E-state index contributed by atoms with van der Waals surface area (Å²) < 4.78 is 6.21. The number of hydrogen-bond donors (Lipinski definition) is 1. The second-order valence-electron chi connectivity index (χ2n) is 10.9. The van der Waals surface area contributed by atoms with Gasteiger partial charge in [-0.1, -0.05) is 6.58 Å². The molecule has 2 N–H and O–H groups in total. The van der Waals surface area contributed by atoms with E-state index in [-0.39, 0.29) is 41.4 Å². The Kier molecular flexibility index (Phi) is 5.13. The quantitative estimate of drug-likeness (QED) is 0.688. The number of ether oxygens (including phenoxy) is 1. The van der Waals surface area contributed by atoms with Gasteiger partial charge < -0.3 is 15.4 Å². The number of nitrogens with two attached hydrogens (primary N) is 1. The van der Waals surface area contributed by atoms with E-state index in [4.69, 9.17) is 15.5 Å². The van der Waals surface area contributed by atoms with Gasteiger partial charge in [0, 0.05) is 36.4 Å². The molecule has 3 atom stereocenters. The van der Waals surface area contributed by atoms with Crippen LogP contribution in [-0.2, 0) is 9.53 Å². The number of likely N-dealkylation sites (N-methyl/N-ethyl adjacent to an activating group) is 1. The SMILES string of the molecule is C=C1C=C(c2csc([C@H]3CCCN3C(=O)O[C@H]3C4CC5CC3C[C@](C(N)=O)(C5)C4)n2)C=CN1C. The molecule has 0 radical (unpaired) electrons. The molecule has 7 rings (SSSR count). The lowest BCUT2D eigenvalue weighted by atomic mass is 9.48. The number of thiazole rings is 1. The molecule has 180 valence electrons. The third-order valence-corrected chi connectivity index (χ3v) is 9.74. The minimum atomic E-state index is -0.366. The van der Waals surface area contributed by atoms with Crippen LogP contribution in [0.1, 0.15) is 61.7 Å². The maximum atomic E-state index is 13.4. The van der Waals surface area contributed by atoms with Gasteiger partial charge in [0.1, 0.15) is 11.1 Å². The minimum absolute atomic E-state index is 0.0425. The Hall–Kier alpha value is -2.61. The molecule has 34 heavy (non-hydrogen) atoms. The summed E-state index contributed by atoms with van der Waals surface area (Å²) in [5, 5.41) is 3.02. The summed E-state index contributed by atoms with van der Waals surface area (Å²) in [6, 6.07) is -0.0425. The molecule has 4 bridgehead atoms. The summed E-state index contributed by atoms with van der Waals surface area (Å²) in [6.07, 6.45) is 12.2. The van der Waals surface area contributed by atoms with E-state index < -0.39 is 0 Å². The third kappa shape index (κ3) is 3.49. The van der Waals surface area contributed by atoms with Crippen molar-refractivity contribution in [3.63, 3.8) is 0 Å². The number of nitrogens with zero attached hydrogens (tertiary/aromatic N) is 3. The van der Waals surface area contributed by atoms with Gasteiger partial charge in [-0.2, -0.15) is 0 Å². The zero-order valence-electron chi connectivity index (χ0n) is 19.6. The molecular weight excluding hydrogens is 448 g/mol. The second-order valence-corrected chi connectivity index (χ2v) is 11.8. The summed E-state index contributed by atoms with van der Waals surface area (Å²) >= 11 is 1.61. The molecule has 2 aliphatic heterocycles. The zero-order chi connectivity index (χ0) is 23.6. The number of hydrogen-bond acceptors (Lipinski definition) is 6. The first-order valence-electron chi connectivity index (χ1n) is 12.4. The van der Waals surface area contributed by atoms with E-state index in [0.717, 1.165) is 66.9 Å². The van der Waals surface area contributed by atoms with E-state index in [2.05, 4.69) is 12.0 Å². The number of aromatic nitrogens is 1. The Morgan fingerprint density at radius 2 is 2.03 bits per heavy atom. The molecule has 1 saturated heterocycles. The molecule has 1 aromatic rings. The van der Waals surface area contributed by atoms with Crippen LogP contribution in [0.2, 0.25) is 0 Å². The number of amides is 2. The Balaban J connectivity index is 1.16. The van der Waals surface area contributed by atoms with Gasteiger partial charge in [0.2, 0.25) is 5.91 Å². The van der Waals surface area contributed by atoms with Gasteiger partial charge in [0.05, 0.1) is 17.2 Å². The highest BCUT2D eigenvalue weighted by Crippen LogP contribution is 2.60. The molecule has 2 amide bonds. The highest BCUT2D eigenvalue weighted by Gasteiger charge is 2.59. The van der Waals surface area contributed by atoms with Crippen molar-refractivity contribution in [1.82, 2.24) is 14.8 Å². The molecule has 6 aliphatic rings. The van der Waals surface area contributed by atoms with Crippen molar-refractivity contribution in [2.75, 3.05) is 13.6 Å². The predicted molar refractivity (Wildman–Crippen MR) is 130 cm³/mol. The van der Waals surface area contributed by atoms with Crippen molar-refractivity contribution < 1.29 is 14.3 Å². The molecule has 2 unspecified atom stereocenters. The lowest BCUT2D eigenvalue weighted by molar-refractivity contribution is -0.161. The Bertz CT molecular complexity index is 1090. The third-order valence-electron chi connectivity index (χ3n) is 8.79. The maximum Gasteiger partial charge on any atom is 0.410 e. The van der Waals surface area contributed by atoms with Crippen molar-refractivity contribution in [1.29, 1.82) is 0 Å². The van der Waals surface area contributed by atoms with Crippen LogP contribution in [0.15, 0.2) is 36.0 Å². The van der Waals surface area contributed by atoms with E-state index >= 15 is 0 Å². The Labute approximate surface area is 204 Å². The number of likely N-dealkylation sites (tertiary alicyclic amines) is 1. The fourth-order valence-corrected chi connectivity index (χ4v) is 8.22. The lowest BCUT2D eigenvalue weighted by Gasteiger charge is -2.58. The fraction of sp³-hybridized carbons (Fsp3) is 0.577. The normalized spacial score (nSPS) is 36.2. The van der Waals surface area contributed by atoms with Gasteiger partial charge >= 0.3 is 6.09 Å². The van der Waals surface area contributed by atoms with Gasteiger partial charge in [0.25, 0.3) is 0 Å². The molecular formula is C26H32N4O3S. The van der Waals surface area contributed by atoms with Gasteiger partial charge in [0.15, 0.2) is 0 Å². The van der Waals surface area contributed by atoms with Gasteiger partial charge in [-0.05, 0) is 74.9 Å². The van der Waals surface area contributed by atoms with Crippen LogP contribution in [0.4, 0.5) is 4.79 Å². The standard InChI is InChI=1S/C26H32N4O3S/c1-15-8-17(5-7-29(15)2)20-14-34-23(28-20)21-4-3-6-30(21)25(32)33-22-18-9-16-10-19(22)13-26(11-16,12-18)24(27)31/h5,7-8,14,16,18-19,21-22H,1,3-4,6,9-13H2,2H3,(H2,27,31)/t16?,18?,19?,21-,22-,26-/m1/s1. The smallest absolute Gasteiger partial charge is 0.410 e. The van der Waals surface area contributed by atoms with Crippen molar-refractivity contribution >= 4 is 28.9 Å². The van der Waals surface area contributed by atoms with E-state index in [1.807, 2.05) is 35.2 Å². The largest absolute Gasteiger partial charge is 0.445 e. The van der Waals surface area contributed by atoms with Crippen LogP contribution >= 0.6 is 11.3 Å². The summed E-state index contributed by atoms with van der Waals surface area (Å²) in [7, 11) is 1.97. The first kappa shape index (κ1) is 21.9.